The Balaban J connectivity index is 1.48. The molecule has 1 aliphatic rings. The van der Waals surface area contributed by atoms with Crippen LogP contribution in [-0.4, -0.2) is 95.9 Å². The molecule has 4 aromatic rings. The van der Waals surface area contributed by atoms with Gasteiger partial charge in [-0.1, -0.05) is 121 Å². The highest BCUT2D eigenvalue weighted by Crippen LogP contribution is 2.10. The molecule has 1 saturated heterocycles. The van der Waals surface area contributed by atoms with Crippen molar-refractivity contribution < 1.29 is 38.7 Å². The molecular weight excluding hydrogens is 755 g/mol. The zero-order valence-corrected chi connectivity index (χ0v) is 32.6. The van der Waals surface area contributed by atoms with Gasteiger partial charge < -0.3 is 42.3 Å². The maximum atomic E-state index is 14.1. The summed E-state index contributed by atoms with van der Waals surface area (Å²) in [7, 11) is 0. The van der Waals surface area contributed by atoms with Gasteiger partial charge in [-0.05, 0) is 29.2 Å². The topological polar surface area (TPSA) is 224 Å². The zero-order valence-electron chi connectivity index (χ0n) is 32.6. The summed E-state index contributed by atoms with van der Waals surface area (Å²) >= 11 is 0. The minimum absolute atomic E-state index is 0.0151. The Labute approximate surface area is 342 Å². The largest absolute Gasteiger partial charge is 0.391 e. The lowest BCUT2D eigenvalue weighted by Gasteiger charge is -2.26. The maximum absolute atomic E-state index is 14.1. The minimum atomic E-state index is -1.56. The number of carbonyl (C=O) groups is 7. The summed E-state index contributed by atoms with van der Waals surface area (Å²) in [4.78, 5) is 96.0. The van der Waals surface area contributed by atoms with Gasteiger partial charge in [0.2, 0.25) is 41.4 Å². The Kier molecular flexibility index (Phi) is 15.8. The molecule has 5 rings (SSSR count). The first kappa shape index (κ1) is 43.3. The van der Waals surface area contributed by atoms with Gasteiger partial charge in [0.25, 0.3) is 0 Å². The number of benzene rings is 4. The first-order chi connectivity index (χ1) is 28.4. The van der Waals surface area contributed by atoms with Crippen molar-refractivity contribution in [2.45, 2.75) is 68.9 Å². The molecule has 1 heterocycles. The zero-order chi connectivity index (χ0) is 42.1. The Morgan fingerprint density at radius 2 is 0.712 bits per heavy atom. The van der Waals surface area contributed by atoms with E-state index in [0.29, 0.717) is 22.3 Å². The monoisotopic (exact) mass is 803 g/mol. The maximum Gasteiger partial charge on any atom is 0.245 e. The van der Waals surface area contributed by atoms with Crippen LogP contribution in [0.1, 0.15) is 29.2 Å². The van der Waals surface area contributed by atoms with E-state index in [2.05, 4.69) is 37.2 Å². The van der Waals surface area contributed by atoms with Crippen molar-refractivity contribution in [2.24, 2.45) is 0 Å². The Morgan fingerprint density at radius 1 is 0.424 bits per heavy atom. The number of rotatable bonds is 9. The number of amides is 7. The lowest BCUT2D eigenvalue weighted by atomic mass is 10.0. The van der Waals surface area contributed by atoms with E-state index in [1.165, 1.54) is 6.92 Å². The number of hydrogen-bond acceptors (Lipinski definition) is 8. The molecule has 1 aliphatic heterocycles. The summed E-state index contributed by atoms with van der Waals surface area (Å²) in [5, 5.41) is 28.9. The first-order valence-corrected chi connectivity index (χ1v) is 19.3. The molecule has 308 valence electrons. The molecule has 15 nitrogen and oxygen atoms in total. The fourth-order valence-corrected chi connectivity index (χ4v) is 6.50. The Bertz CT molecular complexity index is 2050. The number of aliphatic hydroxyl groups is 1. The summed E-state index contributed by atoms with van der Waals surface area (Å²) in [6.07, 6.45) is -1.39. The molecule has 0 spiro atoms. The van der Waals surface area contributed by atoms with Crippen LogP contribution >= 0.6 is 0 Å². The van der Waals surface area contributed by atoms with Gasteiger partial charge in [-0.3, -0.25) is 33.6 Å². The molecule has 6 atom stereocenters. The second-order valence-corrected chi connectivity index (χ2v) is 14.3. The fraction of sp³-hybridized carbons (Fsp3) is 0.295. The molecule has 8 N–H and O–H groups in total. The van der Waals surface area contributed by atoms with Crippen molar-refractivity contribution in [1.29, 1.82) is 0 Å². The van der Waals surface area contributed by atoms with Gasteiger partial charge in [-0.15, -0.1) is 0 Å². The van der Waals surface area contributed by atoms with E-state index in [-0.39, 0.29) is 25.7 Å². The Morgan fingerprint density at radius 3 is 1.05 bits per heavy atom. The van der Waals surface area contributed by atoms with Crippen LogP contribution in [0.3, 0.4) is 0 Å². The third-order valence-electron chi connectivity index (χ3n) is 9.61. The van der Waals surface area contributed by atoms with E-state index in [0.717, 1.165) is 0 Å². The predicted molar refractivity (Wildman–Crippen MR) is 218 cm³/mol. The van der Waals surface area contributed by atoms with Crippen LogP contribution in [-0.2, 0) is 59.2 Å². The van der Waals surface area contributed by atoms with E-state index in [9.17, 15) is 38.7 Å². The van der Waals surface area contributed by atoms with Gasteiger partial charge in [-0.25, -0.2) is 0 Å². The van der Waals surface area contributed by atoms with Crippen LogP contribution in [0.4, 0.5) is 0 Å². The van der Waals surface area contributed by atoms with E-state index < -0.39 is 90.8 Å². The van der Waals surface area contributed by atoms with Crippen LogP contribution < -0.4 is 37.2 Å². The van der Waals surface area contributed by atoms with Crippen LogP contribution in [0.2, 0.25) is 0 Å². The van der Waals surface area contributed by atoms with E-state index in [4.69, 9.17) is 0 Å². The summed E-state index contributed by atoms with van der Waals surface area (Å²) in [5.41, 5.74) is 2.75. The molecule has 59 heavy (non-hydrogen) atoms. The molecule has 0 saturated carbocycles. The number of carbonyl (C=O) groups excluding carboxylic acids is 7. The molecule has 4 aromatic carbocycles. The minimum Gasteiger partial charge on any atom is -0.391 e. The van der Waals surface area contributed by atoms with Gasteiger partial charge in [0.1, 0.15) is 30.2 Å². The molecule has 0 aromatic heterocycles. The molecule has 0 unspecified atom stereocenters. The molecule has 0 radical (unpaired) electrons. The SMILES string of the molecule is C[C@@H](O)[C@@H]1NC(=O)CNC(=O)[C@H](Cc2ccccc2)NC(=O)[C@H](Cc2ccccc2)NC(=O)CNC(=O)[C@H](Cc2ccccc2)NC(=O)[C@H](Cc2ccccc2)NC1=O. The van der Waals surface area contributed by atoms with Crippen molar-refractivity contribution >= 4 is 41.4 Å². The van der Waals surface area contributed by atoms with Crippen LogP contribution in [0.25, 0.3) is 0 Å². The lowest BCUT2D eigenvalue weighted by Crippen LogP contribution is -2.60. The van der Waals surface area contributed by atoms with Crippen molar-refractivity contribution in [1.82, 2.24) is 37.2 Å². The van der Waals surface area contributed by atoms with E-state index in [1.807, 2.05) is 0 Å². The van der Waals surface area contributed by atoms with Crippen molar-refractivity contribution in [3.8, 4) is 0 Å². The standard InChI is InChI=1S/C44H49N7O8/c1-28(52)39-44(59)50-36(25-32-20-12-5-13-21-32)43(58)49-34(23-30-16-8-3-9-17-30)40(55)45-26-37(53)47-35(24-31-18-10-4-11-19-31)42(57)48-33(22-29-14-6-2-7-15-29)41(56)46-27-38(54)51-39/h2-21,28,33-36,39,52H,22-27H2,1H3,(H,45,55)(H,46,56)(H,47,53)(H,48,57)(H,49,58)(H,50,59)(H,51,54)/t28-,33+,34+,35+,36+,39+/m1/s1. The molecule has 15 heteroatoms. The summed E-state index contributed by atoms with van der Waals surface area (Å²) in [6.45, 7) is 0.0771. The normalized spacial score (nSPS) is 22.1. The second-order valence-electron chi connectivity index (χ2n) is 14.3. The average molecular weight is 804 g/mol. The van der Waals surface area contributed by atoms with Gasteiger partial charge in [0.15, 0.2) is 0 Å². The third kappa shape index (κ3) is 13.6. The summed E-state index contributed by atoms with van der Waals surface area (Å²) < 4.78 is 0. The third-order valence-corrected chi connectivity index (χ3v) is 9.61. The van der Waals surface area contributed by atoms with Crippen molar-refractivity contribution in [3.63, 3.8) is 0 Å². The molecular formula is C44H49N7O8. The van der Waals surface area contributed by atoms with Gasteiger partial charge in [-0.2, -0.15) is 0 Å². The molecule has 7 amide bonds. The van der Waals surface area contributed by atoms with Gasteiger partial charge >= 0.3 is 0 Å². The molecule has 0 aliphatic carbocycles. The Hall–Kier alpha value is -6.87. The highest BCUT2D eigenvalue weighted by molar-refractivity contribution is 5.97. The summed E-state index contributed by atoms with van der Waals surface area (Å²) in [5.74, 6) is -5.36. The van der Waals surface area contributed by atoms with Gasteiger partial charge in [0, 0.05) is 25.7 Å². The van der Waals surface area contributed by atoms with Crippen molar-refractivity contribution in [3.05, 3.63) is 144 Å². The van der Waals surface area contributed by atoms with Crippen molar-refractivity contribution in [2.75, 3.05) is 13.1 Å². The number of hydrogen-bond donors (Lipinski definition) is 8. The second kappa shape index (κ2) is 21.6. The summed E-state index contributed by atoms with van der Waals surface area (Å²) in [6, 6.07) is 28.9. The predicted octanol–water partition coefficient (Wildman–Crippen LogP) is 0.00800. The van der Waals surface area contributed by atoms with Crippen LogP contribution in [0.15, 0.2) is 121 Å². The quantitative estimate of drug-likeness (QED) is 0.115. The lowest BCUT2D eigenvalue weighted by molar-refractivity contribution is -0.135. The first-order valence-electron chi connectivity index (χ1n) is 19.3. The fourth-order valence-electron chi connectivity index (χ4n) is 6.50. The highest BCUT2D eigenvalue weighted by atomic mass is 16.3. The average Bonchev–Trinajstić information content (AvgIpc) is 3.23. The number of nitrogens with one attached hydrogen (secondary N) is 7. The molecule has 1 fully saturated rings. The smallest absolute Gasteiger partial charge is 0.245 e. The highest BCUT2D eigenvalue weighted by Gasteiger charge is 2.33. The van der Waals surface area contributed by atoms with Gasteiger partial charge in [0.05, 0.1) is 19.2 Å². The van der Waals surface area contributed by atoms with E-state index in [1.54, 1.807) is 121 Å². The molecule has 0 bridgehead atoms. The number of aliphatic hydroxyl groups excluding tert-OH is 1. The van der Waals surface area contributed by atoms with E-state index >= 15 is 0 Å². The van der Waals surface area contributed by atoms with Crippen LogP contribution in [0.5, 0.6) is 0 Å². The van der Waals surface area contributed by atoms with Crippen LogP contribution in [0, 0.1) is 0 Å².